The topological polar surface area (TPSA) is 80.3 Å². The smallest absolute Gasteiger partial charge is 0.241 e. The quantitative estimate of drug-likeness (QED) is 0.814. The van der Waals surface area contributed by atoms with Crippen LogP contribution in [-0.4, -0.2) is 39.2 Å². The van der Waals surface area contributed by atoms with E-state index in [1.807, 2.05) is 6.92 Å². The minimum absolute atomic E-state index is 0.0364. The summed E-state index contributed by atoms with van der Waals surface area (Å²) < 4.78 is 32.2. The molecular formula is C12H19N3O3S. The maximum absolute atomic E-state index is 12.2. The molecule has 2 rings (SSSR count). The number of pyridine rings is 1. The molecule has 2 N–H and O–H groups in total. The molecule has 0 amide bonds. The number of sulfonamides is 1. The first-order chi connectivity index (χ1) is 9.05. The first-order valence-corrected chi connectivity index (χ1v) is 7.78. The number of anilines is 1. The Morgan fingerprint density at radius 1 is 1.47 bits per heavy atom. The summed E-state index contributed by atoms with van der Waals surface area (Å²) in [6.45, 7) is 2.63. The highest BCUT2D eigenvalue weighted by Crippen LogP contribution is 2.24. The second-order valence-electron chi connectivity index (χ2n) is 4.55. The summed E-state index contributed by atoms with van der Waals surface area (Å²) in [6, 6.07) is 3.00. The minimum Gasteiger partial charge on any atom is -0.381 e. The average molecular weight is 285 g/mol. The van der Waals surface area contributed by atoms with Gasteiger partial charge in [-0.2, -0.15) is 0 Å². The normalized spacial score (nSPS) is 22.8. The fraction of sp³-hybridized carbons (Fsp3) is 0.583. The van der Waals surface area contributed by atoms with E-state index in [-0.39, 0.29) is 17.0 Å². The molecule has 0 saturated heterocycles. The Kier molecular flexibility index (Phi) is 4.38. The van der Waals surface area contributed by atoms with Crippen LogP contribution in [0.25, 0.3) is 0 Å². The van der Waals surface area contributed by atoms with Gasteiger partial charge in [0.2, 0.25) is 10.0 Å². The zero-order chi connectivity index (χ0) is 13.9. The summed E-state index contributed by atoms with van der Waals surface area (Å²) in [4.78, 5) is 4.29. The third-order valence-corrected chi connectivity index (χ3v) is 4.67. The molecule has 0 unspecified atom stereocenters. The summed E-state index contributed by atoms with van der Waals surface area (Å²) in [7, 11) is -1.84. The van der Waals surface area contributed by atoms with E-state index in [2.05, 4.69) is 15.0 Å². The van der Waals surface area contributed by atoms with Crippen LogP contribution in [-0.2, 0) is 14.8 Å². The Hall–Kier alpha value is -1.18. The van der Waals surface area contributed by atoms with Crippen molar-refractivity contribution >= 4 is 15.8 Å². The average Bonchev–Trinajstić information content (AvgIpc) is 2.34. The van der Waals surface area contributed by atoms with Gasteiger partial charge in [0.25, 0.3) is 0 Å². The summed E-state index contributed by atoms with van der Waals surface area (Å²) in [5.41, 5.74) is 0. The lowest BCUT2D eigenvalue weighted by molar-refractivity contribution is 0.0236. The molecule has 0 bridgehead atoms. The van der Waals surface area contributed by atoms with Crippen LogP contribution in [0.5, 0.6) is 0 Å². The predicted octanol–water partition coefficient (Wildman–Crippen LogP) is 0.969. The van der Waals surface area contributed by atoms with Crippen molar-refractivity contribution < 1.29 is 13.2 Å². The van der Waals surface area contributed by atoms with Crippen LogP contribution >= 0.6 is 0 Å². The molecule has 106 valence electrons. The van der Waals surface area contributed by atoms with E-state index in [1.165, 1.54) is 18.3 Å². The van der Waals surface area contributed by atoms with E-state index < -0.39 is 10.0 Å². The molecule has 1 heterocycles. The van der Waals surface area contributed by atoms with Crippen molar-refractivity contribution in [3.8, 4) is 0 Å². The largest absolute Gasteiger partial charge is 0.381 e. The zero-order valence-electron chi connectivity index (χ0n) is 11.1. The molecule has 19 heavy (non-hydrogen) atoms. The van der Waals surface area contributed by atoms with E-state index in [0.717, 1.165) is 12.8 Å². The Morgan fingerprint density at radius 3 is 2.84 bits per heavy atom. The maximum Gasteiger partial charge on any atom is 0.241 e. The van der Waals surface area contributed by atoms with Crippen LogP contribution in [0.2, 0.25) is 0 Å². The van der Waals surface area contributed by atoms with Crippen molar-refractivity contribution in [1.29, 1.82) is 0 Å². The van der Waals surface area contributed by atoms with E-state index in [9.17, 15) is 8.42 Å². The van der Waals surface area contributed by atoms with Crippen molar-refractivity contribution in [1.82, 2.24) is 9.71 Å². The molecule has 6 nitrogen and oxygen atoms in total. The molecule has 1 aromatic heterocycles. The number of methoxy groups -OCH3 is 1. The number of hydrogen-bond acceptors (Lipinski definition) is 5. The Morgan fingerprint density at radius 2 is 2.21 bits per heavy atom. The van der Waals surface area contributed by atoms with E-state index >= 15 is 0 Å². The fourth-order valence-electron chi connectivity index (χ4n) is 2.00. The molecule has 1 aliphatic rings. The number of rotatable bonds is 6. The number of ether oxygens (including phenoxy) is 1. The highest BCUT2D eigenvalue weighted by molar-refractivity contribution is 7.89. The van der Waals surface area contributed by atoms with Gasteiger partial charge in [0.1, 0.15) is 5.82 Å². The third-order valence-electron chi connectivity index (χ3n) is 3.15. The van der Waals surface area contributed by atoms with Gasteiger partial charge in [0.15, 0.2) is 0 Å². The van der Waals surface area contributed by atoms with Crippen LogP contribution in [0.3, 0.4) is 0 Å². The van der Waals surface area contributed by atoms with Crippen LogP contribution in [0, 0.1) is 0 Å². The maximum atomic E-state index is 12.2. The van der Waals surface area contributed by atoms with Gasteiger partial charge in [-0.15, -0.1) is 0 Å². The molecule has 7 heteroatoms. The second-order valence-corrected chi connectivity index (χ2v) is 6.27. The summed E-state index contributed by atoms with van der Waals surface area (Å²) in [6.07, 6.45) is 3.11. The van der Waals surface area contributed by atoms with Crippen LogP contribution in [0.1, 0.15) is 19.8 Å². The molecule has 1 aliphatic carbocycles. The summed E-state index contributed by atoms with van der Waals surface area (Å²) in [5.74, 6) is 0.564. The van der Waals surface area contributed by atoms with Gasteiger partial charge < -0.3 is 10.1 Å². The van der Waals surface area contributed by atoms with Crippen molar-refractivity contribution in [3.05, 3.63) is 18.3 Å². The van der Waals surface area contributed by atoms with E-state index in [0.29, 0.717) is 12.4 Å². The Labute approximate surface area is 113 Å². The first kappa shape index (κ1) is 14.2. The van der Waals surface area contributed by atoms with Gasteiger partial charge >= 0.3 is 0 Å². The van der Waals surface area contributed by atoms with E-state index in [4.69, 9.17) is 4.74 Å². The fourth-order valence-corrected chi connectivity index (χ4v) is 3.27. The zero-order valence-corrected chi connectivity index (χ0v) is 11.9. The molecule has 0 aliphatic heterocycles. The Bertz CT molecular complexity index is 527. The van der Waals surface area contributed by atoms with Crippen LogP contribution in [0.4, 0.5) is 5.82 Å². The molecular weight excluding hydrogens is 266 g/mol. The van der Waals surface area contributed by atoms with Gasteiger partial charge in [-0.05, 0) is 25.8 Å². The molecule has 0 atom stereocenters. The number of aromatic nitrogens is 1. The van der Waals surface area contributed by atoms with Crippen LogP contribution in [0.15, 0.2) is 23.2 Å². The van der Waals surface area contributed by atoms with Gasteiger partial charge in [0.05, 0.1) is 11.0 Å². The highest BCUT2D eigenvalue weighted by Gasteiger charge is 2.32. The van der Waals surface area contributed by atoms with Gasteiger partial charge in [-0.3, -0.25) is 0 Å². The van der Waals surface area contributed by atoms with Crippen molar-refractivity contribution in [2.24, 2.45) is 0 Å². The predicted molar refractivity (Wildman–Crippen MR) is 72.5 cm³/mol. The minimum atomic E-state index is -3.48. The third kappa shape index (κ3) is 3.43. The van der Waals surface area contributed by atoms with Crippen molar-refractivity contribution in [2.75, 3.05) is 19.0 Å². The molecule has 1 fully saturated rings. The molecule has 0 aromatic carbocycles. The highest BCUT2D eigenvalue weighted by atomic mass is 32.2. The van der Waals surface area contributed by atoms with E-state index in [1.54, 1.807) is 7.11 Å². The number of nitrogens with zero attached hydrogens (tertiary/aromatic N) is 1. The number of nitrogens with one attached hydrogen (secondary N) is 2. The van der Waals surface area contributed by atoms with Crippen LogP contribution < -0.4 is 10.0 Å². The molecule has 0 radical (unpaired) electrons. The number of hydrogen-bond donors (Lipinski definition) is 2. The summed E-state index contributed by atoms with van der Waals surface area (Å²) >= 11 is 0. The first-order valence-electron chi connectivity index (χ1n) is 6.30. The SMILES string of the molecule is CCNc1cc(S(=O)(=O)NC2CC(OC)C2)ccn1. The standard InChI is InChI=1S/C12H19N3O3S/c1-3-13-12-8-11(4-5-14-12)19(16,17)15-9-6-10(7-9)18-2/h4-5,8-10,15H,3,6-7H2,1-2H3,(H,13,14). The van der Waals surface area contributed by atoms with Gasteiger partial charge in [0, 0.05) is 32.0 Å². The monoisotopic (exact) mass is 285 g/mol. The molecule has 1 aromatic rings. The van der Waals surface area contributed by atoms with Gasteiger partial charge in [-0.1, -0.05) is 0 Å². The summed E-state index contributed by atoms with van der Waals surface area (Å²) in [5, 5.41) is 2.99. The van der Waals surface area contributed by atoms with Gasteiger partial charge in [-0.25, -0.2) is 18.1 Å². The molecule has 1 saturated carbocycles. The Balaban J connectivity index is 2.05. The lowest BCUT2D eigenvalue weighted by atomic mass is 9.90. The van der Waals surface area contributed by atoms with Crippen molar-refractivity contribution in [3.63, 3.8) is 0 Å². The lowest BCUT2D eigenvalue weighted by Gasteiger charge is -2.34. The van der Waals surface area contributed by atoms with Crippen molar-refractivity contribution in [2.45, 2.75) is 36.8 Å². The second kappa shape index (κ2) is 5.85. The molecule has 0 spiro atoms. The lowest BCUT2D eigenvalue weighted by Crippen LogP contribution is -2.47.